The second-order valence-corrected chi connectivity index (χ2v) is 4.81. The first-order chi connectivity index (χ1) is 9.99. The van der Waals surface area contributed by atoms with Crippen LogP contribution in [0.25, 0.3) is 0 Å². The lowest BCUT2D eigenvalue weighted by Gasteiger charge is -2.16. The first-order valence-electron chi connectivity index (χ1n) is 6.52. The summed E-state index contributed by atoms with van der Waals surface area (Å²) in [6, 6.07) is 5.97. The molecule has 0 aromatic heterocycles. The molecular formula is C14H16N2O5. The zero-order chi connectivity index (χ0) is 15.4. The molecule has 1 aliphatic heterocycles. The van der Waals surface area contributed by atoms with E-state index in [-0.39, 0.29) is 19.4 Å². The first-order valence-corrected chi connectivity index (χ1v) is 6.52. The molecule has 0 bridgehead atoms. The zero-order valence-electron chi connectivity index (χ0n) is 11.2. The molecule has 7 heteroatoms. The van der Waals surface area contributed by atoms with E-state index in [1.165, 1.54) is 0 Å². The van der Waals surface area contributed by atoms with Crippen molar-refractivity contribution in [2.75, 3.05) is 6.61 Å². The van der Waals surface area contributed by atoms with Crippen LogP contribution in [0, 0.1) is 0 Å². The minimum atomic E-state index is -1.20. The van der Waals surface area contributed by atoms with Crippen LogP contribution in [-0.2, 0) is 14.4 Å². The molecule has 2 atom stereocenters. The van der Waals surface area contributed by atoms with Gasteiger partial charge in [-0.25, -0.2) is 4.79 Å². The molecule has 0 saturated heterocycles. The Labute approximate surface area is 121 Å². The first kappa shape index (κ1) is 14.8. The minimum absolute atomic E-state index is 0.0361. The Morgan fingerprint density at radius 2 is 2.10 bits per heavy atom. The van der Waals surface area contributed by atoms with Gasteiger partial charge in [0.25, 0.3) is 0 Å². The summed E-state index contributed by atoms with van der Waals surface area (Å²) in [7, 11) is 0. The fraction of sp³-hybridized carbons (Fsp3) is 0.357. The molecule has 2 rings (SSSR count). The topological polar surface area (TPSA) is 119 Å². The Bertz CT molecular complexity index is 572. The fourth-order valence-electron chi connectivity index (χ4n) is 2.20. The molecule has 7 nitrogen and oxygen atoms in total. The van der Waals surface area contributed by atoms with Gasteiger partial charge in [0.05, 0.1) is 0 Å². The van der Waals surface area contributed by atoms with Gasteiger partial charge in [-0.3, -0.25) is 9.59 Å². The molecule has 0 spiro atoms. The third kappa shape index (κ3) is 3.50. The molecule has 1 unspecified atom stereocenters. The number of hydrogen-bond donors (Lipinski definition) is 3. The monoisotopic (exact) mass is 292 g/mol. The molecule has 0 fully saturated rings. The van der Waals surface area contributed by atoms with Crippen LogP contribution in [0.5, 0.6) is 5.75 Å². The maximum Gasteiger partial charge on any atom is 0.326 e. The van der Waals surface area contributed by atoms with Gasteiger partial charge in [0, 0.05) is 12.0 Å². The van der Waals surface area contributed by atoms with Crippen LogP contribution in [0.1, 0.15) is 24.3 Å². The van der Waals surface area contributed by atoms with Crippen molar-refractivity contribution < 1.29 is 24.2 Å². The lowest BCUT2D eigenvalue weighted by atomic mass is 9.99. The van der Waals surface area contributed by atoms with Gasteiger partial charge in [-0.15, -0.1) is 0 Å². The van der Waals surface area contributed by atoms with Crippen molar-refractivity contribution in [1.82, 2.24) is 5.32 Å². The summed E-state index contributed by atoms with van der Waals surface area (Å²) in [6.07, 6.45) is -0.138. The highest BCUT2D eigenvalue weighted by Crippen LogP contribution is 2.33. The molecular weight excluding hydrogens is 276 g/mol. The number of fused-ring (bicyclic) bond motifs is 1. The van der Waals surface area contributed by atoms with Gasteiger partial charge in [-0.1, -0.05) is 18.2 Å². The predicted octanol–water partition coefficient (Wildman–Crippen LogP) is -0.00250. The fourth-order valence-corrected chi connectivity index (χ4v) is 2.20. The number of carboxylic acid groups (broad SMARTS) is 1. The number of primary amides is 1. The summed E-state index contributed by atoms with van der Waals surface area (Å²) in [5.41, 5.74) is 5.72. The molecule has 2 amide bonds. The third-order valence-corrected chi connectivity index (χ3v) is 3.31. The summed E-state index contributed by atoms with van der Waals surface area (Å²) >= 11 is 0. The molecule has 0 saturated carbocycles. The van der Waals surface area contributed by atoms with Crippen molar-refractivity contribution in [3.63, 3.8) is 0 Å². The van der Waals surface area contributed by atoms with Crippen molar-refractivity contribution in [3.8, 4) is 5.75 Å². The molecule has 1 heterocycles. The molecule has 1 aliphatic rings. The van der Waals surface area contributed by atoms with E-state index in [4.69, 9.17) is 15.6 Å². The summed E-state index contributed by atoms with van der Waals surface area (Å²) in [4.78, 5) is 34.0. The normalized spacial score (nSPS) is 17.4. The van der Waals surface area contributed by atoms with Crippen molar-refractivity contribution in [3.05, 3.63) is 29.8 Å². The van der Waals surface area contributed by atoms with Gasteiger partial charge in [-0.2, -0.15) is 0 Å². The average Bonchev–Trinajstić information content (AvgIpc) is 2.86. The number of amides is 2. The number of para-hydroxylation sites is 1. The molecule has 4 N–H and O–H groups in total. The number of aliphatic carboxylic acids is 1. The van der Waals surface area contributed by atoms with Crippen LogP contribution in [0.4, 0.5) is 0 Å². The Kier molecular flexibility index (Phi) is 4.42. The Morgan fingerprint density at radius 1 is 1.38 bits per heavy atom. The lowest BCUT2D eigenvalue weighted by molar-refractivity contribution is -0.142. The van der Waals surface area contributed by atoms with Crippen molar-refractivity contribution in [2.45, 2.75) is 24.8 Å². The van der Waals surface area contributed by atoms with E-state index in [0.717, 1.165) is 5.56 Å². The summed E-state index contributed by atoms with van der Waals surface area (Å²) in [6.45, 7) is 0.174. The van der Waals surface area contributed by atoms with E-state index in [0.29, 0.717) is 5.75 Å². The van der Waals surface area contributed by atoms with Crippen LogP contribution < -0.4 is 15.8 Å². The van der Waals surface area contributed by atoms with Gasteiger partial charge in [0.1, 0.15) is 24.3 Å². The molecule has 1 aromatic carbocycles. The van der Waals surface area contributed by atoms with Gasteiger partial charge in [0.2, 0.25) is 11.8 Å². The number of hydrogen-bond acceptors (Lipinski definition) is 4. The number of nitrogens with two attached hydrogens (primary N) is 1. The highest BCUT2D eigenvalue weighted by Gasteiger charge is 2.32. The molecule has 0 aliphatic carbocycles. The number of benzene rings is 1. The van der Waals surface area contributed by atoms with E-state index in [9.17, 15) is 14.4 Å². The van der Waals surface area contributed by atoms with Gasteiger partial charge in [0.15, 0.2) is 0 Å². The Hall–Kier alpha value is -2.57. The quantitative estimate of drug-likeness (QED) is 0.681. The Balaban J connectivity index is 2.03. The van der Waals surface area contributed by atoms with Crippen molar-refractivity contribution >= 4 is 17.8 Å². The molecule has 112 valence electrons. The van der Waals surface area contributed by atoms with Crippen LogP contribution >= 0.6 is 0 Å². The van der Waals surface area contributed by atoms with Crippen LogP contribution in [0.2, 0.25) is 0 Å². The smallest absolute Gasteiger partial charge is 0.326 e. The number of nitrogens with one attached hydrogen (secondary N) is 1. The maximum absolute atomic E-state index is 12.2. The molecule has 21 heavy (non-hydrogen) atoms. The van der Waals surface area contributed by atoms with E-state index >= 15 is 0 Å². The van der Waals surface area contributed by atoms with Crippen LogP contribution in [0.15, 0.2) is 24.3 Å². The molecule has 0 radical (unpaired) electrons. The Morgan fingerprint density at radius 3 is 2.76 bits per heavy atom. The van der Waals surface area contributed by atoms with E-state index in [2.05, 4.69) is 5.32 Å². The standard InChI is InChI=1S/C14H16N2O5/c15-12(17)6-5-10(14(19)20)16-13(18)9-7-21-11-4-2-1-3-8(9)11/h1-4,9-10H,5-7H2,(H2,15,17)(H,16,18)(H,19,20)/t9?,10-/m0/s1. The second-order valence-electron chi connectivity index (χ2n) is 4.81. The molecule has 1 aromatic rings. The van der Waals surface area contributed by atoms with E-state index in [1.807, 2.05) is 0 Å². The van der Waals surface area contributed by atoms with Crippen LogP contribution in [-0.4, -0.2) is 35.5 Å². The highest BCUT2D eigenvalue weighted by atomic mass is 16.5. The number of carbonyl (C=O) groups is 3. The predicted molar refractivity (Wildman–Crippen MR) is 72.7 cm³/mol. The largest absolute Gasteiger partial charge is 0.492 e. The number of carbonyl (C=O) groups excluding carboxylic acids is 2. The van der Waals surface area contributed by atoms with Crippen LogP contribution in [0.3, 0.4) is 0 Å². The SMILES string of the molecule is NC(=O)CC[C@H](NC(=O)C1COc2ccccc21)C(=O)O. The zero-order valence-corrected chi connectivity index (χ0v) is 11.2. The van der Waals surface area contributed by atoms with Gasteiger partial charge >= 0.3 is 5.97 Å². The average molecular weight is 292 g/mol. The van der Waals surface area contributed by atoms with Crippen molar-refractivity contribution in [1.29, 1.82) is 0 Å². The highest BCUT2D eigenvalue weighted by molar-refractivity contribution is 5.89. The number of carboxylic acids is 1. The third-order valence-electron chi connectivity index (χ3n) is 3.31. The number of rotatable bonds is 6. The summed E-state index contributed by atoms with van der Waals surface area (Å²) in [5, 5.41) is 11.5. The van der Waals surface area contributed by atoms with Gasteiger partial charge < -0.3 is 20.9 Å². The maximum atomic E-state index is 12.2. The second kappa shape index (κ2) is 6.25. The van der Waals surface area contributed by atoms with Crippen molar-refractivity contribution in [2.24, 2.45) is 5.73 Å². The van der Waals surface area contributed by atoms with E-state index in [1.54, 1.807) is 24.3 Å². The lowest BCUT2D eigenvalue weighted by Crippen LogP contribution is -2.43. The summed E-state index contributed by atoms with van der Waals surface area (Å²) in [5.74, 6) is -2.16. The van der Waals surface area contributed by atoms with Gasteiger partial charge in [-0.05, 0) is 12.5 Å². The van der Waals surface area contributed by atoms with E-state index < -0.39 is 29.7 Å². The minimum Gasteiger partial charge on any atom is -0.492 e. The summed E-state index contributed by atoms with van der Waals surface area (Å²) < 4.78 is 5.39. The number of ether oxygens (including phenoxy) is 1.